The zero-order chi connectivity index (χ0) is 11.5. The summed E-state index contributed by atoms with van der Waals surface area (Å²) >= 11 is 5.85. The third-order valence-electron chi connectivity index (χ3n) is 2.61. The van der Waals surface area contributed by atoms with E-state index in [-0.39, 0.29) is 0 Å². The van der Waals surface area contributed by atoms with Crippen LogP contribution >= 0.6 is 11.6 Å². The Morgan fingerprint density at radius 1 is 1.31 bits per heavy atom. The van der Waals surface area contributed by atoms with Crippen molar-refractivity contribution in [1.29, 1.82) is 0 Å². The zero-order valence-corrected chi connectivity index (χ0v) is 9.39. The number of piperazine rings is 1. The molecule has 0 radical (unpaired) electrons. The van der Waals surface area contributed by atoms with E-state index in [2.05, 4.69) is 9.88 Å². The van der Waals surface area contributed by atoms with Gasteiger partial charge in [0.15, 0.2) is 0 Å². The van der Waals surface area contributed by atoms with E-state index in [9.17, 15) is 4.79 Å². The van der Waals surface area contributed by atoms with Crippen molar-refractivity contribution in [3.63, 3.8) is 0 Å². The molecule has 2 heterocycles. The second-order valence-corrected chi connectivity index (χ2v) is 4.05. The van der Waals surface area contributed by atoms with E-state index in [0.29, 0.717) is 31.2 Å². The second kappa shape index (κ2) is 4.57. The molecule has 1 aliphatic heterocycles. The van der Waals surface area contributed by atoms with Crippen LogP contribution in [-0.2, 0) is 0 Å². The number of anilines is 1. The number of halogens is 1. The molecular formula is C10H12ClN3O2. The van der Waals surface area contributed by atoms with Gasteiger partial charge >= 0.3 is 6.09 Å². The summed E-state index contributed by atoms with van der Waals surface area (Å²) < 4.78 is 0. The molecule has 0 atom stereocenters. The van der Waals surface area contributed by atoms with E-state index in [1.807, 2.05) is 6.07 Å². The van der Waals surface area contributed by atoms with E-state index in [1.54, 1.807) is 12.4 Å². The molecule has 16 heavy (non-hydrogen) atoms. The van der Waals surface area contributed by atoms with Crippen LogP contribution in [-0.4, -0.2) is 47.3 Å². The number of pyridine rings is 1. The maximum absolute atomic E-state index is 10.7. The highest BCUT2D eigenvalue weighted by Crippen LogP contribution is 2.19. The van der Waals surface area contributed by atoms with Crippen LogP contribution in [0.2, 0.25) is 5.02 Å². The van der Waals surface area contributed by atoms with E-state index < -0.39 is 6.09 Å². The molecule has 6 heteroatoms. The number of hydrogen-bond acceptors (Lipinski definition) is 3. The Labute approximate surface area is 98.2 Å². The topological polar surface area (TPSA) is 56.7 Å². The molecule has 86 valence electrons. The first-order valence-electron chi connectivity index (χ1n) is 5.00. The molecule has 1 aromatic heterocycles. The van der Waals surface area contributed by atoms with Crippen LogP contribution in [0, 0.1) is 0 Å². The fourth-order valence-electron chi connectivity index (χ4n) is 1.73. The summed E-state index contributed by atoms with van der Waals surface area (Å²) in [6.07, 6.45) is 2.46. The quantitative estimate of drug-likeness (QED) is 0.810. The summed E-state index contributed by atoms with van der Waals surface area (Å²) in [5.74, 6) is 0. The highest BCUT2D eigenvalue weighted by atomic mass is 35.5. The van der Waals surface area contributed by atoms with Crippen molar-refractivity contribution in [1.82, 2.24) is 9.88 Å². The SMILES string of the molecule is O=C(O)N1CCN(c2cncc(Cl)c2)CC1. The zero-order valence-electron chi connectivity index (χ0n) is 8.64. The van der Waals surface area contributed by atoms with Gasteiger partial charge in [-0.05, 0) is 6.07 Å². The molecule has 0 saturated carbocycles. The minimum Gasteiger partial charge on any atom is -0.465 e. The number of carbonyl (C=O) groups is 1. The summed E-state index contributed by atoms with van der Waals surface area (Å²) in [5.41, 5.74) is 0.942. The lowest BCUT2D eigenvalue weighted by atomic mass is 10.3. The Balaban J connectivity index is 2.01. The Morgan fingerprint density at radius 2 is 2.00 bits per heavy atom. The number of nitrogens with zero attached hydrogens (tertiary/aromatic N) is 3. The van der Waals surface area contributed by atoms with Crippen molar-refractivity contribution in [3.05, 3.63) is 23.5 Å². The molecule has 0 aliphatic carbocycles. The van der Waals surface area contributed by atoms with Gasteiger partial charge in [0.25, 0.3) is 0 Å². The summed E-state index contributed by atoms with van der Waals surface area (Å²) in [6.45, 7) is 2.38. The Hall–Kier alpha value is -1.49. The molecule has 0 bridgehead atoms. The molecular weight excluding hydrogens is 230 g/mol. The first-order valence-corrected chi connectivity index (χ1v) is 5.38. The third kappa shape index (κ3) is 2.36. The maximum Gasteiger partial charge on any atom is 0.407 e. The van der Waals surface area contributed by atoms with Crippen LogP contribution in [0.5, 0.6) is 0 Å². The van der Waals surface area contributed by atoms with Crippen molar-refractivity contribution < 1.29 is 9.90 Å². The second-order valence-electron chi connectivity index (χ2n) is 3.62. The van der Waals surface area contributed by atoms with Crippen LogP contribution in [0.25, 0.3) is 0 Å². The van der Waals surface area contributed by atoms with Crippen LogP contribution in [0.4, 0.5) is 10.5 Å². The van der Waals surface area contributed by atoms with Gasteiger partial charge in [0.1, 0.15) is 0 Å². The minimum atomic E-state index is -0.858. The predicted octanol–water partition coefficient (Wildman–Crippen LogP) is 1.54. The number of hydrogen-bond donors (Lipinski definition) is 1. The van der Waals surface area contributed by atoms with Crippen LogP contribution in [0.1, 0.15) is 0 Å². The fraction of sp³-hybridized carbons (Fsp3) is 0.400. The number of aromatic nitrogens is 1. The monoisotopic (exact) mass is 241 g/mol. The molecule has 5 nitrogen and oxygen atoms in total. The first-order chi connectivity index (χ1) is 7.66. The highest BCUT2D eigenvalue weighted by Gasteiger charge is 2.20. The van der Waals surface area contributed by atoms with Crippen molar-refractivity contribution in [2.75, 3.05) is 31.1 Å². The van der Waals surface area contributed by atoms with Gasteiger partial charge in [-0.3, -0.25) is 4.98 Å². The molecule has 0 unspecified atom stereocenters. The van der Waals surface area contributed by atoms with Gasteiger partial charge in [-0.2, -0.15) is 0 Å². The minimum absolute atomic E-state index is 0.516. The molecule has 1 amide bonds. The van der Waals surface area contributed by atoms with Crippen LogP contribution in [0.3, 0.4) is 0 Å². The first kappa shape index (κ1) is 11.0. The van der Waals surface area contributed by atoms with Gasteiger partial charge < -0.3 is 14.9 Å². The normalized spacial score (nSPS) is 16.3. The lowest BCUT2D eigenvalue weighted by molar-refractivity contribution is 0.142. The number of carboxylic acid groups (broad SMARTS) is 1. The third-order valence-corrected chi connectivity index (χ3v) is 2.81. The van der Waals surface area contributed by atoms with E-state index in [4.69, 9.17) is 16.7 Å². The number of amides is 1. The van der Waals surface area contributed by atoms with Gasteiger partial charge in [-0.1, -0.05) is 11.6 Å². The lowest BCUT2D eigenvalue weighted by Gasteiger charge is -2.34. The van der Waals surface area contributed by atoms with Crippen molar-refractivity contribution in [2.45, 2.75) is 0 Å². The molecule has 1 aromatic rings. The van der Waals surface area contributed by atoms with Gasteiger partial charge in [-0.25, -0.2) is 4.79 Å². The fourth-order valence-corrected chi connectivity index (χ4v) is 1.90. The van der Waals surface area contributed by atoms with Crippen molar-refractivity contribution in [2.24, 2.45) is 0 Å². The Bertz CT molecular complexity index is 391. The summed E-state index contributed by atoms with van der Waals surface area (Å²) in [7, 11) is 0. The lowest BCUT2D eigenvalue weighted by Crippen LogP contribution is -2.48. The smallest absolute Gasteiger partial charge is 0.407 e. The molecule has 0 spiro atoms. The van der Waals surface area contributed by atoms with Crippen LogP contribution in [0.15, 0.2) is 18.5 Å². The maximum atomic E-state index is 10.7. The molecule has 1 fully saturated rings. The number of rotatable bonds is 1. The van der Waals surface area contributed by atoms with E-state index in [0.717, 1.165) is 5.69 Å². The summed E-state index contributed by atoms with van der Waals surface area (Å²) in [5, 5.41) is 9.41. The largest absolute Gasteiger partial charge is 0.465 e. The van der Waals surface area contributed by atoms with Gasteiger partial charge in [0.05, 0.1) is 16.9 Å². The summed E-state index contributed by atoms with van der Waals surface area (Å²) in [4.78, 5) is 18.2. The standard InChI is InChI=1S/C10H12ClN3O2/c11-8-5-9(7-12-6-8)13-1-3-14(4-2-13)10(15)16/h5-7H,1-4H2,(H,15,16). The van der Waals surface area contributed by atoms with Crippen molar-refractivity contribution in [3.8, 4) is 0 Å². The van der Waals surface area contributed by atoms with Crippen LogP contribution < -0.4 is 4.90 Å². The molecule has 1 N–H and O–H groups in total. The summed E-state index contributed by atoms with van der Waals surface area (Å²) in [6, 6.07) is 1.84. The van der Waals surface area contributed by atoms with Crippen molar-refractivity contribution >= 4 is 23.4 Å². The Kier molecular flexibility index (Phi) is 3.14. The van der Waals surface area contributed by atoms with Gasteiger partial charge in [0.2, 0.25) is 0 Å². The Morgan fingerprint density at radius 3 is 2.56 bits per heavy atom. The highest BCUT2D eigenvalue weighted by molar-refractivity contribution is 6.30. The van der Waals surface area contributed by atoms with E-state index >= 15 is 0 Å². The molecule has 0 aromatic carbocycles. The predicted molar refractivity (Wildman–Crippen MR) is 61.1 cm³/mol. The molecule has 2 rings (SSSR count). The molecule has 1 aliphatic rings. The van der Waals surface area contributed by atoms with Gasteiger partial charge in [0, 0.05) is 32.4 Å². The molecule has 1 saturated heterocycles. The van der Waals surface area contributed by atoms with E-state index in [1.165, 1.54) is 4.90 Å². The average molecular weight is 242 g/mol. The van der Waals surface area contributed by atoms with Gasteiger partial charge in [-0.15, -0.1) is 0 Å². The average Bonchev–Trinajstić information content (AvgIpc) is 2.29.